The predicted molar refractivity (Wildman–Crippen MR) is 118 cm³/mol. The van der Waals surface area contributed by atoms with Crippen LogP contribution in [0.4, 0.5) is 5.82 Å². The van der Waals surface area contributed by atoms with Crippen molar-refractivity contribution in [2.45, 2.75) is 6.92 Å². The molecule has 0 unspecified atom stereocenters. The molecule has 0 amide bonds. The molecule has 4 aromatic rings. The second-order valence-corrected chi connectivity index (χ2v) is 6.82. The summed E-state index contributed by atoms with van der Waals surface area (Å²) in [6.07, 6.45) is 3.19. The maximum Gasteiger partial charge on any atom is 0.174 e. The van der Waals surface area contributed by atoms with Crippen molar-refractivity contribution >= 4 is 34.0 Å². The van der Waals surface area contributed by atoms with Gasteiger partial charge in [0.15, 0.2) is 17.3 Å². The Morgan fingerprint density at radius 2 is 1.70 bits per heavy atom. The first-order valence-corrected chi connectivity index (χ1v) is 9.36. The van der Waals surface area contributed by atoms with E-state index in [1.807, 2.05) is 7.05 Å². The number of nitrogens with zero attached hydrogens (tertiary/aromatic N) is 4. The lowest BCUT2D eigenvalue weighted by Crippen LogP contribution is -2.00. The molecule has 8 heteroatoms. The third-order valence-electron chi connectivity index (χ3n) is 5.04. The maximum atomic E-state index is 5.45. The van der Waals surface area contributed by atoms with Gasteiger partial charge in [0.1, 0.15) is 23.1 Å². The smallest absolute Gasteiger partial charge is 0.174 e. The SMILES string of the molecule is COc1cc(OC)c(OC)cc1C=NNc1ncnc2c3cc(C)ccc3n(C)c12. The van der Waals surface area contributed by atoms with Gasteiger partial charge in [0, 0.05) is 24.1 Å². The molecule has 0 spiro atoms. The molecule has 2 aromatic heterocycles. The minimum atomic E-state index is 0.586. The summed E-state index contributed by atoms with van der Waals surface area (Å²) in [5, 5.41) is 5.46. The number of benzene rings is 2. The maximum absolute atomic E-state index is 5.45. The topological polar surface area (TPSA) is 82.8 Å². The van der Waals surface area contributed by atoms with Gasteiger partial charge in [-0.15, -0.1) is 0 Å². The van der Waals surface area contributed by atoms with E-state index in [-0.39, 0.29) is 0 Å². The van der Waals surface area contributed by atoms with E-state index in [0.717, 1.165) is 27.5 Å². The highest BCUT2D eigenvalue weighted by molar-refractivity contribution is 6.09. The largest absolute Gasteiger partial charge is 0.496 e. The third-order valence-corrected chi connectivity index (χ3v) is 5.04. The van der Waals surface area contributed by atoms with Crippen LogP contribution in [0.5, 0.6) is 17.2 Å². The summed E-state index contributed by atoms with van der Waals surface area (Å²) < 4.78 is 18.2. The average molecular weight is 405 g/mol. The number of aromatic nitrogens is 3. The van der Waals surface area contributed by atoms with Crippen molar-refractivity contribution in [1.29, 1.82) is 0 Å². The molecule has 0 aliphatic rings. The van der Waals surface area contributed by atoms with Crippen LogP contribution in [0.1, 0.15) is 11.1 Å². The normalized spacial score (nSPS) is 11.4. The Hall–Kier alpha value is -3.81. The molecule has 2 heterocycles. The van der Waals surface area contributed by atoms with E-state index in [1.165, 1.54) is 5.56 Å². The fourth-order valence-electron chi connectivity index (χ4n) is 3.54. The summed E-state index contributed by atoms with van der Waals surface area (Å²) in [6, 6.07) is 9.87. The van der Waals surface area contributed by atoms with Crippen LogP contribution >= 0.6 is 0 Å². The van der Waals surface area contributed by atoms with Gasteiger partial charge < -0.3 is 18.8 Å². The van der Waals surface area contributed by atoms with Gasteiger partial charge in [-0.2, -0.15) is 5.10 Å². The van der Waals surface area contributed by atoms with Gasteiger partial charge in [0.25, 0.3) is 0 Å². The fraction of sp³-hybridized carbons (Fsp3) is 0.227. The summed E-state index contributed by atoms with van der Waals surface area (Å²) in [4.78, 5) is 8.88. The number of anilines is 1. The van der Waals surface area contributed by atoms with Crippen molar-refractivity contribution in [3.63, 3.8) is 0 Å². The summed E-state index contributed by atoms with van der Waals surface area (Å²) in [5.41, 5.74) is 7.81. The fourth-order valence-corrected chi connectivity index (χ4v) is 3.54. The molecular formula is C22H23N5O3. The van der Waals surface area contributed by atoms with Crippen molar-refractivity contribution in [3.8, 4) is 17.2 Å². The van der Waals surface area contributed by atoms with E-state index in [4.69, 9.17) is 14.2 Å². The Labute approximate surface area is 174 Å². The quantitative estimate of drug-likeness (QED) is 0.387. The highest BCUT2D eigenvalue weighted by atomic mass is 16.5. The molecule has 0 fully saturated rings. The summed E-state index contributed by atoms with van der Waals surface area (Å²) in [5.74, 6) is 2.41. The van der Waals surface area contributed by atoms with Gasteiger partial charge in [-0.1, -0.05) is 11.6 Å². The molecule has 154 valence electrons. The van der Waals surface area contributed by atoms with Crippen LogP contribution in [0.2, 0.25) is 0 Å². The van der Waals surface area contributed by atoms with Crippen molar-refractivity contribution in [2.24, 2.45) is 12.1 Å². The number of hydrogen-bond acceptors (Lipinski definition) is 7. The number of hydrogen-bond donors (Lipinski definition) is 1. The first-order valence-electron chi connectivity index (χ1n) is 9.36. The number of methoxy groups -OCH3 is 3. The van der Waals surface area contributed by atoms with E-state index in [1.54, 1.807) is 46.0 Å². The highest BCUT2D eigenvalue weighted by Crippen LogP contribution is 2.34. The van der Waals surface area contributed by atoms with Gasteiger partial charge in [0.05, 0.1) is 33.1 Å². The van der Waals surface area contributed by atoms with Crippen LogP contribution in [0.25, 0.3) is 21.9 Å². The number of ether oxygens (including phenoxy) is 3. The van der Waals surface area contributed by atoms with Crippen LogP contribution < -0.4 is 19.6 Å². The molecule has 0 atom stereocenters. The second kappa shape index (κ2) is 7.90. The molecule has 30 heavy (non-hydrogen) atoms. The Morgan fingerprint density at radius 3 is 2.43 bits per heavy atom. The van der Waals surface area contributed by atoms with Crippen molar-refractivity contribution in [1.82, 2.24) is 14.5 Å². The van der Waals surface area contributed by atoms with E-state index < -0.39 is 0 Å². The number of rotatable bonds is 6. The van der Waals surface area contributed by atoms with Crippen molar-refractivity contribution in [2.75, 3.05) is 26.8 Å². The first-order chi connectivity index (χ1) is 14.6. The molecule has 0 saturated carbocycles. The van der Waals surface area contributed by atoms with Gasteiger partial charge in [-0.05, 0) is 25.1 Å². The second-order valence-electron chi connectivity index (χ2n) is 6.82. The van der Waals surface area contributed by atoms with Gasteiger partial charge in [0.2, 0.25) is 0 Å². The Balaban J connectivity index is 1.72. The number of hydrazone groups is 1. The molecule has 2 aromatic carbocycles. The zero-order valence-electron chi connectivity index (χ0n) is 17.6. The Morgan fingerprint density at radius 1 is 0.967 bits per heavy atom. The molecule has 0 saturated heterocycles. The van der Waals surface area contributed by atoms with Crippen molar-refractivity contribution < 1.29 is 14.2 Å². The first kappa shape index (κ1) is 19.5. The monoisotopic (exact) mass is 405 g/mol. The molecule has 8 nitrogen and oxygen atoms in total. The lowest BCUT2D eigenvalue weighted by atomic mass is 10.1. The molecule has 0 aliphatic heterocycles. The lowest BCUT2D eigenvalue weighted by Gasteiger charge is -2.11. The van der Waals surface area contributed by atoms with Gasteiger partial charge in [-0.25, -0.2) is 9.97 Å². The molecular weight excluding hydrogens is 382 g/mol. The highest BCUT2D eigenvalue weighted by Gasteiger charge is 2.14. The van der Waals surface area contributed by atoms with Crippen molar-refractivity contribution in [3.05, 3.63) is 47.8 Å². The number of nitrogens with one attached hydrogen (secondary N) is 1. The van der Waals surface area contributed by atoms with Crippen LogP contribution in [0.3, 0.4) is 0 Å². The van der Waals surface area contributed by atoms with Crippen LogP contribution in [-0.4, -0.2) is 42.1 Å². The van der Waals surface area contributed by atoms with Crippen LogP contribution in [0.15, 0.2) is 41.8 Å². The molecule has 0 radical (unpaired) electrons. The van der Waals surface area contributed by atoms with E-state index in [9.17, 15) is 0 Å². The summed E-state index contributed by atoms with van der Waals surface area (Å²) >= 11 is 0. The Bertz CT molecular complexity index is 1260. The number of aryl methyl sites for hydroxylation is 2. The minimum absolute atomic E-state index is 0.586. The van der Waals surface area contributed by atoms with E-state index >= 15 is 0 Å². The Kier molecular flexibility index (Phi) is 5.14. The number of fused-ring (bicyclic) bond motifs is 3. The standard InChI is InChI=1S/C22H23N5O3/c1-13-6-7-16-15(8-13)20-21(27(16)2)22(24-12-23-20)26-25-11-14-9-18(29-4)19(30-5)10-17(14)28-3/h6-12H,1-5H3,(H,23,24,26). The van der Waals surface area contributed by atoms with Crippen LogP contribution in [0, 0.1) is 6.92 Å². The lowest BCUT2D eigenvalue weighted by molar-refractivity contribution is 0.349. The molecule has 4 rings (SSSR count). The molecule has 1 N–H and O–H groups in total. The molecule has 0 aliphatic carbocycles. The third kappa shape index (κ3) is 3.26. The summed E-state index contributed by atoms with van der Waals surface area (Å²) in [6.45, 7) is 2.07. The van der Waals surface area contributed by atoms with Gasteiger partial charge in [-0.3, -0.25) is 5.43 Å². The molecule has 0 bridgehead atoms. The predicted octanol–water partition coefficient (Wildman–Crippen LogP) is 3.90. The summed E-state index contributed by atoms with van der Waals surface area (Å²) in [7, 11) is 6.76. The zero-order valence-corrected chi connectivity index (χ0v) is 17.6. The van der Waals surface area contributed by atoms with E-state index in [2.05, 4.69) is 50.2 Å². The van der Waals surface area contributed by atoms with Gasteiger partial charge >= 0.3 is 0 Å². The average Bonchev–Trinajstić information content (AvgIpc) is 3.05. The minimum Gasteiger partial charge on any atom is -0.496 e. The van der Waals surface area contributed by atoms with Crippen LogP contribution in [-0.2, 0) is 7.05 Å². The van der Waals surface area contributed by atoms with E-state index in [0.29, 0.717) is 23.1 Å². The zero-order chi connectivity index (χ0) is 21.3.